The molecule has 1 heterocycles. The van der Waals surface area contributed by atoms with E-state index in [4.69, 9.17) is 9.47 Å². The van der Waals surface area contributed by atoms with Crippen LogP contribution in [0.3, 0.4) is 0 Å². The van der Waals surface area contributed by atoms with E-state index in [-0.39, 0.29) is 37.3 Å². The SMILES string of the molecule is CN(C)C(=O)c1cccc2c(Oc3ccc(CCNC[C@H](O)COc4ccccc4)cc3)ccnc12.Cl.Cl. The summed E-state index contributed by atoms with van der Waals surface area (Å²) >= 11 is 0. The smallest absolute Gasteiger partial charge is 0.255 e. The number of amides is 1. The summed E-state index contributed by atoms with van der Waals surface area (Å²) < 4.78 is 11.7. The highest BCUT2D eigenvalue weighted by Crippen LogP contribution is 2.30. The van der Waals surface area contributed by atoms with Gasteiger partial charge in [-0.1, -0.05) is 36.4 Å². The summed E-state index contributed by atoms with van der Waals surface area (Å²) in [5.41, 5.74) is 2.32. The van der Waals surface area contributed by atoms with Crippen molar-refractivity contribution in [3.8, 4) is 17.2 Å². The number of aliphatic hydroxyl groups is 1. The molecule has 0 spiro atoms. The van der Waals surface area contributed by atoms with Crippen molar-refractivity contribution in [2.75, 3.05) is 33.8 Å². The van der Waals surface area contributed by atoms with Gasteiger partial charge in [0.05, 0.1) is 11.1 Å². The summed E-state index contributed by atoms with van der Waals surface area (Å²) in [4.78, 5) is 18.5. The summed E-state index contributed by atoms with van der Waals surface area (Å²) in [7, 11) is 3.45. The zero-order chi connectivity index (χ0) is 25.3. The second-order valence-electron chi connectivity index (χ2n) is 8.69. The zero-order valence-electron chi connectivity index (χ0n) is 21.4. The number of aliphatic hydroxyl groups excluding tert-OH is 1. The number of benzene rings is 3. The summed E-state index contributed by atoms with van der Waals surface area (Å²) in [6.45, 7) is 1.44. The molecule has 1 aromatic heterocycles. The second-order valence-corrected chi connectivity index (χ2v) is 8.69. The summed E-state index contributed by atoms with van der Waals surface area (Å²) in [6.07, 6.45) is 1.90. The Kier molecular flexibility index (Phi) is 12.3. The first-order valence-electron chi connectivity index (χ1n) is 11.9. The lowest BCUT2D eigenvalue weighted by molar-refractivity contribution is 0.0829. The number of ether oxygens (including phenoxy) is 2. The fourth-order valence-electron chi connectivity index (χ4n) is 3.77. The highest BCUT2D eigenvalue weighted by molar-refractivity contribution is 6.06. The Morgan fingerprint density at radius 3 is 2.39 bits per heavy atom. The number of nitrogens with zero attached hydrogens (tertiary/aromatic N) is 2. The third-order valence-electron chi connectivity index (χ3n) is 5.67. The molecule has 2 N–H and O–H groups in total. The lowest BCUT2D eigenvalue weighted by Gasteiger charge is -2.14. The maximum absolute atomic E-state index is 12.5. The van der Waals surface area contributed by atoms with Crippen molar-refractivity contribution in [2.45, 2.75) is 12.5 Å². The molecule has 202 valence electrons. The molecule has 38 heavy (non-hydrogen) atoms. The summed E-state index contributed by atoms with van der Waals surface area (Å²) in [5.74, 6) is 2.01. The molecule has 0 bridgehead atoms. The summed E-state index contributed by atoms with van der Waals surface area (Å²) in [5, 5.41) is 14.2. The van der Waals surface area contributed by atoms with E-state index in [1.807, 2.05) is 66.7 Å². The van der Waals surface area contributed by atoms with Gasteiger partial charge in [0.15, 0.2) is 0 Å². The lowest BCUT2D eigenvalue weighted by Crippen LogP contribution is -2.32. The number of carbonyl (C=O) groups excluding carboxylic acids is 1. The number of rotatable bonds is 11. The molecule has 0 radical (unpaired) electrons. The van der Waals surface area contributed by atoms with E-state index in [9.17, 15) is 9.90 Å². The van der Waals surface area contributed by atoms with Gasteiger partial charge in [0.25, 0.3) is 5.91 Å². The van der Waals surface area contributed by atoms with Crippen LogP contribution in [0.1, 0.15) is 15.9 Å². The lowest BCUT2D eigenvalue weighted by atomic mass is 10.1. The zero-order valence-corrected chi connectivity index (χ0v) is 23.0. The van der Waals surface area contributed by atoms with Gasteiger partial charge in [-0.05, 0) is 61.0 Å². The fourth-order valence-corrected chi connectivity index (χ4v) is 3.77. The first-order chi connectivity index (χ1) is 17.5. The number of hydrogen-bond donors (Lipinski definition) is 2. The van der Waals surface area contributed by atoms with E-state index in [1.165, 1.54) is 4.90 Å². The quantitative estimate of drug-likeness (QED) is 0.248. The number of aromatic nitrogens is 1. The van der Waals surface area contributed by atoms with Crippen molar-refractivity contribution in [3.63, 3.8) is 0 Å². The molecular weight excluding hydrogens is 525 g/mol. The molecule has 0 unspecified atom stereocenters. The normalized spacial score (nSPS) is 11.1. The van der Waals surface area contributed by atoms with Crippen LogP contribution in [-0.2, 0) is 6.42 Å². The van der Waals surface area contributed by atoms with E-state index in [2.05, 4.69) is 10.3 Å². The molecule has 3 aromatic carbocycles. The highest BCUT2D eigenvalue weighted by Gasteiger charge is 2.15. The number of pyridine rings is 1. The Morgan fingerprint density at radius 1 is 0.947 bits per heavy atom. The Labute approximate surface area is 235 Å². The monoisotopic (exact) mass is 557 g/mol. The third kappa shape index (κ3) is 8.33. The van der Waals surface area contributed by atoms with Gasteiger partial charge in [0, 0.05) is 32.2 Å². The van der Waals surface area contributed by atoms with Crippen molar-refractivity contribution in [2.24, 2.45) is 0 Å². The van der Waals surface area contributed by atoms with Crippen molar-refractivity contribution in [1.82, 2.24) is 15.2 Å². The van der Waals surface area contributed by atoms with E-state index < -0.39 is 6.10 Å². The molecule has 7 nitrogen and oxygen atoms in total. The molecule has 0 saturated carbocycles. The van der Waals surface area contributed by atoms with Crippen LogP contribution >= 0.6 is 24.8 Å². The van der Waals surface area contributed by atoms with Crippen molar-refractivity contribution < 1.29 is 19.4 Å². The molecule has 0 fully saturated rings. The first-order valence-corrected chi connectivity index (χ1v) is 11.9. The van der Waals surface area contributed by atoms with Crippen LogP contribution in [0.2, 0.25) is 0 Å². The Hall–Kier alpha value is -3.36. The van der Waals surface area contributed by atoms with Crippen molar-refractivity contribution in [1.29, 1.82) is 0 Å². The van der Waals surface area contributed by atoms with Gasteiger partial charge in [-0.25, -0.2) is 0 Å². The van der Waals surface area contributed by atoms with E-state index in [1.54, 1.807) is 32.4 Å². The Bertz CT molecular complexity index is 1290. The predicted octanol–water partition coefficient (Wildman–Crippen LogP) is 5.14. The van der Waals surface area contributed by atoms with Gasteiger partial charge in [-0.3, -0.25) is 9.78 Å². The highest BCUT2D eigenvalue weighted by atomic mass is 35.5. The average molecular weight is 559 g/mol. The molecule has 4 rings (SSSR count). The minimum atomic E-state index is -0.579. The fraction of sp³-hybridized carbons (Fsp3) is 0.241. The molecule has 0 aliphatic rings. The maximum atomic E-state index is 12.5. The van der Waals surface area contributed by atoms with Gasteiger partial charge < -0.3 is 24.8 Å². The largest absolute Gasteiger partial charge is 0.491 e. The molecular formula is C29H33Cl2N3O4. The van der Waals surface area contributed by atoms with Gasteiger partial charge in [0.2, 0.25) is 0 Å². The number of fused-ring (bicyclic) bond motifs is 1. The Morgan fingerprint density at radius 2 is 1.68 bits per heavy atom. The average Bonchev–Trinajstić information content (AvgIpc) is 2.91. The Balaban J connectivity index is 0.00000253. The molecule has 0 aliphatic carbocycles. The van der Waals surface area contributed by atoms with Crippen LogP contribution in [0.5, 0.6) is 17.2 Å². The van der Waals surface area contributed by atoms with Crippen LogP contribution in [0.25, 0.3) is 10.9 Å². The predicted molar refractivity (Wildman–Crippen MR) is 155 cm³/mol. The van der Waals surface area contributed by atoms with E-state index in [0.717, 1.165) is 29.7 Å². The van der Waals surface area contributed by atoms with Gasteiger partial charge in [-0.2, -0.15) is 0 Å². The van der Waals surface area contributed by atoms with Crippen LogP contribution < -0.4 is 14.8 Å². The van der Waals surface area contributed by atoms with Gasteiger partial charge >= 0.3 is 0 Å². The van der Waals surface area contributed by atoms with Crippen LogP contribution in [-0.4, -0.2) is 60.8 Å². The number of hydrogen-bond acceptors (Lipinski definition) is 6. The van der Waals surface area contributed by atoms with Gasteiger partial charge in [-0.15, -0.1) is 24.8 Å². The molecule has 0 saturated heterocycles. The first kappa shape index (κ1) is 30.9. The second kappa shape index (κ2) is 15.1. The minimum Gasteiger partial charge on any atom is -0.491 e. The number of para-hydroxylation sites is 2. The topological polar surface area (TPSA) is 83.9 Å². The van der Waals surface area contributed by atoms with E-state index in [0.29, 0.717) is 29.1 Å². The third-order valence-corrected chi connectivity index (χ3v) is 5.67. The van der Waals surface area contributed by atoms with Gasteiger partial charge in [0.1, 0.15) is 30.0 Å². The van der Waals surface area contributed by atoms with Crippen LogP contribution in [0, 0.1) is 0 Å². The molecule has 1 amide bonds. The molecule has 0 aliphatic heterocycles. The van der Waals surface area contributed by atoms with Crippen LogP contribution in [0.15, 0.2) is 85.1 Å². The molecule has 4 aromatic rings. The molecule has 1 atom stereocenters. The minimum absolute atomic E-state index is 0. The number of carbonyl (C=O) groups is 1. The van der Waals surface area contributed by atoms with Crippen molar-refractivity contribution >= 4 is 41.6 Å². The maximum Gasteiger partial charge on any atom is 0.255 e. The summed E-state index contributed by atoms with van der Waals surface area (Å²) in [6, 6.07) is 24.7. The van der Waals surface area contributed by atoms with E-state index >= 15 is 0 Å². The number of halogens is 2. The molecule has 9 heteroatoms. The van der Waals surface area contributed by atoms with Crippen molar-refractivity contribution in [3.05, 3.63) is 96.2 Å². The standard InChI is InChI=1S/C29H31N3O4.2ClH/c1-32(2)29(34)26-10-6-9-25-27(16-18-31-28(25)26)36-24-13-11-21(12-14-24)15-17-30-19-22(33)20-35-23-7-4-3-5-8-23;;/h3-14,16,18,22,30,33H,15,17,19-20H2,1-2H3;2*1H/t22-;;/m0../s1. The number of nitrogens with one attached hydrogen (secondary N) is 1. The van der Waals surface area contributed by atoms with Crippen LogP contribution in [0.4, 0.5) is 0 Å².